The molecule has 0 heterocycles. The first-order chi connectivity index (χ1) is 16.1. The average Bonchev–Trinajstić information content (AvgIpc) is 3.09. The van der Waals surface area contributed by atoms with Crippen LogP contribution in [0.2, 0.25) is 0 Å². The maximum absolute atomic E-state index is 13.4. The molecule has 202 valence electrons. The molecule has 0 aromatic carbocycles. The zero-order valence-corrected chi connectivity index (χ0v) is 22.2. The van der Waals surface area contributed by atoms with Gasteiger partial charge in [0.2, 0.25) is 0 Å². The number of sulfonamides is 1. The molecule has 4 aliphatic carbocycles. The van der Waals surface area contributed by atoms with Crippen LogP contribution in [0.1, 0.15) is 91.9 Å². The van der Waals surface area contributed by atoms with E-state index >= 15 is 0 Å². The number of hydrogen-bond acceptors (Lipinski definition) is 4. The Morgan fingerprint density at radius 2 is 1.69 bits per heavy atom. The quantitative estimate of drug-likeness (QED) is 0.488. The number of carbonyl (C=O) groups is 1. The van der Waals surface area contributed by atoms with Gasteiger partial charge in [-0.25, -0.2) is 13.1 Å². The van der Waals surface area contributed by atoms with Crippen LogP contribution >= 0.6 is 0 Å². The van der Waals surface area contributed by atoms with Crippen LogP contribution in [0.15, 0.2) is 0 Å². The molecule has 2 N–H and O–H groups in total. The Bertz CT molecular complexity index is 924. The van der Waals surface area contributed by atoms with E-state index in [0.717, 1.165) is 38.5 Å². The summed E-state index contributed by atoms with van der Waals surface area (Å²) in [5.41, 5.74) is -5.51. The first-order valence-corrected chi connectivity index (χ1v) is 14.8. The summed E-state index contributed by atoms with van der Waals surface area (Å²) >= 11 is 0. The van der Waals surface area contributed by atoms with E-state index in [1.165, 1.54) is 0 Å². The van der Waals surface area contributed by atoms with Gasteiger partial charge in [0.1, 0.15) is 5.78 Å². The molecule has 0 radical (unpaired) electrons. The molecule has 9 heteroatoms. The van der Waals surface area contributed by atoms with E-state index in [1.807, 2.05) is 0 Å². The number of aliphatic hydroxyl groups is 1. The SMILES string of the molecule is CC(=O)CC[C@@H](C)[C@H]1CCC2C3C(NS(=O)(=O)C(F)(F)F)CC4C[C@H](O)CC[C@]4(C)C3CC[C@@]21C. The summed E-state index contributed by atoms with van der Waals surface area (Å²) in [6.45, 7) is 8.30. The van der Waals surface area contributed by atoms with Gasteiger partial charge in [0.05, 0.1) is 6.10 Å². The van der Waals surface area contributed by atoms with Gasteiger partial charge in [0, 0.05) is 12.5 Å². The summed E-state index contributed by atoms with van der Waals surface area (Å²) in [7, 11) is -5.47. The van der Waals surface area contributed by atoms with Crippen molar-refractivity contribution in [3.8, 4) is 0 Å². The van der Waals surface area contributed by atoms with Crippen molar-refractivity contribution in [2.45, 2.75) is 110 Å². The van der Waals surface area contributed by atoms with Gasteiger partial charge in [-0.2, -0.15) is 13.2 Å². The third kappa shape index (κ3) is 4.71. The minimum atomic E-state index is -5.47. The molecule has 0 bridgehead atoms. The van der Waals surface area contributed by atoms with Gasteiger partial charge < -0.3 is 9.90 Å². The highest BCUT2D eigenvalue weighted by Gasteiger charge is 2.64. The van der Waals surface area contributed by atoms with Crippen molar-refractivity contribution < 1.29 is 31.5 Å². The van der Waals surface area contributed by atoms with Crippen molar-refractivity contribution in [3.05, 3.63) is 0 Å². The van der Waals surface area contributed by atoms with Gasteiger partial charge in [0.25, 0.3) is 0 Å². The second-order valence-corrected chi connectivity index (χ2v) is 14.5. The third-order valence-corrected chi connectivity index (χ3v) is 12.2. The molecular formula is C26H42F3NO4S. The fraction of sp³-hybridized carbons (Fsp3) is 0.962. The van der Waals surface area contributed by atoms with Crippen LogP contribution in [-0.2, 0) is 14.8 Å². The Morgan fingerprint density at radius 3 is 2.31 bits per heavy atom. The summed E-state index contributed by atoms with van der Waals surface area (Å²) < 4.78 is 67.0. The molecule has 5 nitrogen and oxygen atoms in total. The largest absolute Gasteiger partial charge is 0.511 e. The van der Waals surface area contributed by atoms with Crippen LogP contribution in [0.5, 0.6) is 0 Å². The Hall–Kier alpha value is -0.670. The summed E-state index contributed by atoms with van der Waals surface area (Å²) in [6.07, 6.45) is 7.01. The van der Waals surface area contributed by atoms with Crippen LogP contribution in [0, 0.1) is 46.3 Å². The molecule has 4 rings (SSSR count). The molecule has 10 atom stereocenters. The molecule has 0 aromatic heterocycles. The van der Waals surface area contributed by atoms with Crippen LogP contribution in [0.3, 0.4) is 0 Å². The Kier molecular flexibility index (Phi) is 7.24. The molecule has 35 heavy (non-hydrogen) atoms. The maximum Gasteiger partial charge on any atom is 0.511 e. The normalized spacial score (nSPS) is 44.7. The van der Waals surface area contributed by atoms with Gasteiger partial charge in [0.15, 0.2) is 0 Å². The number of alkyl halides is 3. The van der Waals surface area contributed by atoms with E-state index in [4.69, 9.17) is 0 Å². The smallest absolute Gasteiger partial charge is 0.393 e. The lowest BCUT2D eigenvalue weighted by Crippen LogP contribution is -2.63. The van der Waals surface area contributed by atoms with Gasteiger partial charge in [-0.15, -0.1) is 0 Å². The number of aliphatic hydroxyl groups excluding tert-OH is 1. The zero-order chi connectivity index (χ0) is 26.0. The van der Waals surface area contributed by atoms with E-state index < -0.39 is 27.7 Å². The lowest BCUT2D eigenvalue weighted by atomic mass is 9.43. The van der Waals surface area contributed by atoms with Crippen LogP contribution in [0.4, 0.5) is 13.2 Å². The van der Waals surface area contributed by atoms with Crippen molar-refractivity contribution in [2.24, 2.45) is 46.3 Å². The summed E-state index contributed by atoms with van der Waals surface area (Å²) in [4.78, 5) is 11.6. The number of rotatable bonds is 6. The summed E-state index contributed by atoms with van der Waals surface area (Å²) in [5, 5.41) is 10.3. The topological polar surface area (TPSA) is 83.5 Å². The Morgan fingerprint density at radius 1 is 1.06 bits per heavy atom. The number of hydrogen-bond donors (Lipinski definition) is 2. The van der Waals surface area contributed by atoms with Gasteiger partial charge in [-0.3, -0.25) is 0 Å². The van der Waals surface area contributed by atoms with E-state index in [2.05, 4.69) is 25.5 Å². The number of carbonyl (C=O) groups excluding carboxylic acids is 1. The highest BCUT2D eigenvalue weighted by Crippen LogP contribution is 2.68. The van der Waals surface area contributed by atoms with Crippen molar-refractivity contribution >= 4 is 15.8 Å². The highest BCUT2D eigenvalue weighted by atomic mass is 32.2. The van der Waals surface area contributed by atoms with Gasteiger partial charge in [-0.05, 0) is 111 Å². The number of nitrogens with one attached hydrogen (secondary N) is 1. The van der Waals surface area contributed by atoms with E-state index in [9.17, 15) is 31.5 Å². The van der Waals surface area contributed by atoms with Gasteiger partial charge >= 0.3 is 15.5 Å². The minimum absolute atomic E-state index is 0.00415. The molecule has 0 amide bonds. The fourth-order valence-corrected chi connectivity index (χ4v) is 10.0. The standard InChI is InChI=1S/C26H42F3NO4S/c1-15(5-6-16(2)31)19-7-8-20-23-21(10-12-25(19,20)4)24(3)11-9-18(32)13-17(24)14-22(23)30-35(33,34)26(27,28)29/h15,17-23,30,32H,5-14H2,1-4H3/t15-,17?,18-,19-,20?,21?,22?,23?,24+,25-/m1/s1. The van der Waals surface area contributed by atoms with Crippen molar-refractivity contribution in [1.82, 2.24) is 4.72 Å². The van der Waals surface area contributed by atoms with E-state index in [1.54, 1.807) is 6.92 Å². The Labute approximate surface area is 208 Å². The average molecular weight is 522 g/mol. The molecule has 5 unspecified atom stereocenters. The number of Topliss-reactive ketones (excluding diaryl/α,β-unsaturated/α-hetero) is 1. The minimum Gasteiger partial charge on any atom is -0.393 e. The fourth-order valence-electron chi connectivity index (χ4n) is 9.24. The highest BCUT2D eigenvalue weighted by molar-refractivity contribution is 7.90. The van der Waals surface area contributed by atoms with E-state index in [-0.39, 0.29) is 40.3 Å². The second-order valence-electron chi connectivity index (χ2n) is 12.8. The van der Waals surface area contributed by atoms with Gasteiger partial charge in [-0.1, -0.05) is 20.8 Å². The molecule has 0 aliphatic heterocycles. The maximum atomic E-state index is 13.4. The molecular weight excluding hydrogens is 479 g/mol. The van der Waals surface area contributed by atoms with Crippen LogP contribution in [0.25, 0.3) is 0 Å². The zero-order valence-electron chi connectivity index (χ0n) is 21.4. The van der Waals surface area contributed by atoms with Crippen LogP contribution < -0.4 is 4.72 Å². The molecule has 4 saturated carbocycles. The first-order valence-electron chi connectivity index (χ1n) is 13.4. The van der Waals surface area contributed by atoms with E-state index in [0.29, 0.717) is 37.5 Å². The third-order valence-electron chi connectivity index (χ3n) is 11.0. The second kappa shape index (κ2) is 9.26. The molecule has 4 aliphatic rings. The predicted molar refractivity (Wildman–Crippen MR) is 128 cm³/mol. The van der Waals surface area contributed by atoms with Crippen LogP contribution in [-0.4, -0.2) is 37.0 Å². The monoisotopic (exact) mass is 521 g/mol. The van der Waals surface area contributed by atoms with Crippen molar-refractivity contribution in [3.63, 3.8) is 0 Å². The summed E-state index contributed by atoms with van der Waals surface area (Å²) in [5.74, 6) is 1.04. The predicted octanol–water partition coefficient (Wildman–Crippen LogP) is 5.43. The summed E-state index contributed by atoms with van der Waals surface area (Å²) in [6, 6.07) is -0.772. The molecule has 0 aromatic rings. The lowest BCUT2D eigenvalue weighted by Gasteiger charge is -2.63. The molecule has 0 spiro atoms. The lowest BCUT2D eigenvalue weighted by molar-refractivity contribution is -0.140. The van der Waals surface area contributed by atoms with Crippen molar-refractivity contribution in [2.75, 3.05) is 0 Å². The Balaban J connectivity index is 1.68. The number of ketones is 1. The number of halogens is 3. The first kappa shape index (κ1) is 27.4. The molecule has 0 saturated heterocycles. The molecule has 4 fully saturated rings. The van der Waals surface area contributed by atoms with Crippen molar-refractivity contribution in [1.29, 1.82) is 0 Å². The number of fused-ring (bicyclic) bond motifs is 5.